The molecule has 1 aliphatic rings. The molecule has 1 fully saturated rings. The monoisotopic (exact) mass is 1400 g/mol. The number of ether oxygens (including phenoxy) is 4. The van der Waals surface area contributed by atoms with E-state index in [4.69, 9.17) is 34.2 Å². The zero-order chi connectivity index (χ0) is 65.2. The molecule has 0 unspecified atom stereocenters. The number of amides is 1. The number of rotatable bonds is 27. The Bertz CT molecular complexity index is 664. The van der Waals surface area contributed by atoms with Crippen LogP contribution in [-0.2, 0) is 52.5 Å². The minimum Gasteiger partial charge on any atom is -0.483 e. The van der Waals surface area contributed by atoms with Gasteiger partial charge in [-0.05, 0) is 12.8 Å². The molecule has 0 aromatic heterocycles. The van der Waals surface area contributed by atoms with Gasteiger partial charge in [-0.15, -0.1) is 0 Å². The molecule has 0 radical (unpaired) electrons. The summed E-state index contributed by atoms with van der Waals surface area (Å²) in [6.07, 6.45) is 34.9. The average Bonchev–Trinajstić information content (AvgIpc) is 4.01. The van der Waals surface area contributed by atoms with E-state index in [0.29, 0.717) is 32.5 Å². The molecule has 0 bridgehead atoms. The van der Waals surface area contributed by atoms with Crippen molar-refractivity contribution in [2.24, 2.45) is 0 Å². The quantitative estimate of drug-likeness (QED) is 0.0398. The molecule has 1 rings (SSSR count). The Morgan fingerprint density at radius 1 is 0.298 bits per heavy atom. The molecule has 1 saturated heterocycles. The van der Waals surface area contributed by atoms with E-state index in [9.17, 15) is 9.59 Å². The molecule has 94 heavy (non-hydrogen) atoms. The van der Waals surface area contributed by atoms with E-state index < -0.39 is 0 Å². The van der Waals surface area contributed by atoms with Gasteiger partial charge in [0.1, 0.15) is 0 Å². The fourth-order valence-corrected chi connectivity index (χ4v) is 4.35. The Morgan fingerprint density at radius 3 is 0.521 bits per heavy atom. The van der Waals surface area contributed by atoms with Gasteiger partial charge in [0.2, 0.25) is 5.91 Å². The smallest absolute Gasteiger partial charge is 0.293 e. The first kappa shape index (κ1) is 235. The molecular formula is C80H217NO13. The zero-order valence-electron chi connectivity index (χ0n) is 57.6. The number of hydrogen-bond donors (Lipinski definition) is 3. The molecule has 0 atom stereocenters. The fraction of sp³-hybridized carbons (Fsp3) is 0.912. The van der Waals surface area contributed by atoms with E-state index in [1.807, 2.05) is 138 Å². The Kier molecular flexibility index (Phi) is 1190. The van der Waals surface area contributed by atoms with Gasteiger partial charge in [-0.2, -0.15) is 0 Å². The van der Waals surface area contributed by atoms with Crippen molar-refractivity contribution in [3.63, 3.8) is 0 Å². The van der Waals surface area contributed by atoms with E-state index in [0.717, 1.165) is 25.8 Å². The van der Waals surface area contributed by atoms with Crippen molar-refractivity contribution in [2.45, 2.75) is 466 Å². The SMILES string of the molecule is C.C.C.C.C.C.C.C.C.C.C.C.C.C.C.C.C.CC.CC.CC.CC.CC.CC.CC.CC.CC.CC.CCCCCCCC.CCCCCCCCCC.CCCCCCCCCCCCOC=O.COC=O.COC=O.COC=O.O=C1CCCN1.O=CO.O=CO. The average molecular weight is 1400 g/mol. The highest BCUT2D eigenvalue weighted by Gasteiger charge is 2.05. The maximum absolute atomic E-state index is 10.1. The lowest BCUT2D eigenvalue weighted by atomic mass is 10.1. The van der Waals surface area contributed by atoms with Crippen LogP contribution < -0.4 is 5.32 Å². The van der Waals surface area contributed by atoms with Crippen LogP contribution in [0, 0.1) is 0 Å². The molecule has 620 valence electrons. The van der Waals surface area contributed by atoms with E-state index in [2.05, 4.69) is 58.9 Å². The first-order valence-corrected chi connectivity index (χ1v) is 31.1. The van der Waals surface area contributed by atoms with E-state index in [1.54, 1.807) is 0 Å². The third kappa shape index (κ3) is 733. The van der Waals surface area contributed by atoms with Crippen LogP contribution in [0.2, 0.25) is 0 Å². The van der Waals surface area contributed by atoms with Crippen molar-refractivity contribution in [1.29, 1.82) is 0 Å². The number of unbranched alkanes of at least 4 members (excludes halogenated alkanes) is 21. The minimum absolute atomic E-state index is 0. The zero-order valence-corrected chi connectivity index (χ0v) is 57.6. The molecule has 0 aromatic carbocycles. The second-order valence-electron chi connectivity index (χ2n) is 12.3. The predicted octanol–water partition coefficient (Wildman–Crippen LogP) is 31.3. The van der Waals surface area contributed by atoms with Crippen LogP contribution in [-0.4, -0.2) is 89.4 Å². The number of carboxylic acid groups (broad SMARTS) is 2. The highest BCUT2D eigenvalue weighted by atomic mass is 16.5. The highest BCUT2D eigenvalue weighted by molar-refractivity contribution is 5.77. The molecule has 0 aromatic rings. The second kappa shape index (κ2) is 475. The number of carbonyl (C=O) groups is 7. The summed E-state index contributed by atoms with van der Waals surface area (Å²) in [6, 6.07) is 0. The van der Waals surface area contributed by atoms with Gasteiger partial charge >= 0.3 is 0 Å². The molecule has 0 spiro atoms. The molecule has 1 aliphatic heterocycles. The van der Waals surface area contributed by atoms with Crippen LogP contribution in [0.1, 0.15) is 466 Å². The summed E-state index contributed by atoms with van der Waals surface area (Å²) in [6.45, 7) is 53.9. The van der Waals surface area contributed by atoms with Crippen LogP contribution in [0.4, 0.5) is 0 Å². The van der Waals surface area contributed by atoms with Gasteiger partial charge < -0.3 is 34.5 Å². The maximum atomic E-state index is 10.1. The topological polar surface area (TPSA) is 209 Å². The van der Waals surface area contributed by atoms with Crippen LogP contribution in [0.15, 0.2) is 0 Å². The lowest BCUT2D eigenvalue weighted by Crippen LogP contribution is -2.12. The van der Waals surface area contributed by atoms with Crippen molar-refractivity contribution in [3.8, 4) is 0 Å². The van der Waals surface area contributed by atoms with Gasteiger partial charge in [-0.25, -0.2) is 0 Å². The van der Waals surface area contributed by atoms with Gasteiger partial charge in [0, 0.05) is 13.0 Å². The van der Waals surface area contributed by atoms with E-state index >= 15 is 0 Å². The summed E-state index contributed by atoms with van der Waals surface area (Å²) in [4.78, 5) is 63.6. The van der Waals surface area contributed by atoms with Crippen LogP contribution in [0.5, 0.6) is 0 Å². The number of carbonyl (C=O) groups excluding carboxylic acids is 5. The van der Waals surface area contributed by atoms with Crippen molar-refractivity contribution >= 4 is 44.7 Å². The first-order valence-electron chi connectivity index (χ1n) is 31.1. The van der Waals surface area contributed by atoms with Gasteiger partial charge in [0.05, 0.1) is 27.9 Å². The largest absolute Gasteiger partial charge is 0.483 e. The summed E-state index contributed by atoms with van der Waals surface area (Å²) in [7, 11) is 3.94. The van der Waals surface area contributed by atoms with E-state index in [1.165, 1.54) is 169 Å². The molecule has 0 saturated carbocycles. The summed E-state index contributed by atoms with van der Waals surface area (Å²) in [5.41, 5.74) is 0. The number of hydrogen-bond acceptors (Lipinski definition) is 11. The van der Waals surface area contributed by atoms with E-state index in [-0.39, 0.29) is 145 Å². The lowest BCUT2D eigenvalue weighted by Gasteiger charge is -2.01. The predicted molar refractivity (Wildman–Crippen MR) is 458 cm³/mol. The highest BCUT2D eigenvalue weighted by Crippen LogP contribution is 2.10. The maximum Gasteiger partial charge on any atom is 0.293 e. The summed E-state index contributed by atoms with van der Waals surface area (Å²) < 4.78 is 16.2. The standard InChI is InChI=1S/C13H26O2.C10H22.C8H18.C4H7NO.3C2H4O2.10C2H6.2CH2O2.17CH4/c1-2-3-4-5-6-7-8-9-10-11-12-15-13-14;1-3-5-7-9-10-8-6-4-2;1-3-5-7-8-6-4-2;6-4-2-1-3-5-4;3*1-4-2-3;10*1-2;2*2-1-3;;;;;;;;;;;;;;;;;/h13H,2-12H2,1H3;3-10H2,1-2H3;3-8H2,1-2H3;1-3H2,(H,5,6);3*2H,1H3;10*1-2H3;2*1H,(H,2,3);17*1H4. The Morgan fingerprint density at radius 2 is 0.436 bits per heavy atom. The van der Waals surface area contributed by atoms with Crippen molar-refractivity contribution < 1.29 is 62.7 Å². The van der Waals surface area contributed by atoms with Crippen molar-refractivity contribution in [3.05, 3.63) is 0 Å². The molecule has 14 heteroatoms. The molecule has 14 nitrogen and oxygen atoms in total. The van der Waals surface area contributed by atoms with Crippen LogP contribution in [0.3, 0.4) is 0 Å². The Balaban J connectivity index is -0.0000000123. The first-order chi connectivity index (χ1) is 37.7. The second-order valence-corrected chi connectivity index (χ2v) is 12.3. The minimum atomic E-state index is -0.250. The van der Waals surface area contributed by atoms with Crippen molar-refractivity contribution in [1.82, 2.24) is 5.32 Å². The van der Waals surface area contributed by atoms with Gasteiger partial charge in [-0.1, -0.05) is 447 Å². The molecule has 1 amide bonds. The summed E-state index contributed by atoms with van der Waals surface area (Å²) >= 11 is 0. The number of methoxy groups -OCH3 is 3. The molecule has 3 N–H and O–H groups in total. The Labute approximate surface area is 610 Å². The lowest BCUT2D eigenvalue weighted by molar-refractivity contribution is -0.129. The molecule has 0 aliphatic carbocycles. The molecule has 1 heterocycles. The summed E-state index contributed by atoms with van der Waals surface area (Å²) in [5, 5.41) is 16.5. The third-order valence-electron chi connectivity index (χ3n) is 7.29. The van der Waals surface area contributed by atoms with Gasteiger partial charge in [0.25, 0.3) is 38.8 Å². The molecular weight excluding hydrogens is 1180 g/mol. The van der Waals surface area contributed by atoms with Crippen molar-refractivity contribution in [2.75, 3.05) is 34.5 Å². The van der Waals surface area contributed by atoms with Crippen LogP contribution >= 0.6 is 0 Å². The third-order valence-corrected chi connectivity index (χ3v) is 7.29. The summed E-state index contributed by atoms with van der Waals surface area (Å²) in [5.74, 6) is 0.204. The number of nitrogens with one attached hydrogen (secondary N) is 1. The Hall–Kier alpha value is -3.71. The van der Waals surface area contributed by atoms with Crippen LogP contribution in [0.25, 0.3) is 0 Å². The normalized spacial score (nSPS) is 6.45. The van der Waals surface area contributed by atoms with Gasteiger partial charge in [0.15, 0.2) is 0 Å². The fourth-order valence-electron chi connectivity index (χ4n) is 4.35. The van der Waals surface area contributed by atoms with Gasteiger partial charge in [-0.3, -0.25) is 33.6 Å².